The van der Waals surface area contributed by atoms with E-state index in [2.05, 4.69) is 152 Å². The van der Waals surface area contributed by atoms with E-state index in [1.54, 1.807) is 28.1 Å². The predicted octanol–water partition coefficient (Wildman–Crippen LogP) is 17.2. The van der Waals surface area contributed by atoms with Crippen molar-refractivity contribution in [2.24, 2.45) is 63.6 Å². The van der Waals surface area contributed by atoms with E-state index in [0.29, 0.717) is 34.5 Å². The second kappa shape index (κ2) is 33.1. The molecule has 4 nitrogen and oxygen atoms in total. The molecule has 0 aromatic carbocycles. The number of methoxy groups -OCH3 is 2. The fourth-order valence-electron chi connectivity index (χ4n) is 0.654. The molecule has 2 N–H and O–H groups in total. The van der Waals surface area contributed by atoms with Crippen LogP contribution in [0.15, 0.2) is 0 Å². The van der Waals surface area contributed by atoms with Crippen molar-refractivity contribution in [1.29, 1.82) is 0 Å². The van der Waals surface area contributed by atoms with Crippen LogP contribution < -0.4 is 0 Å². The van der Waals surface area contributed by atoms with Crippen LogP contribution in [0.5, 0.6) is 0 Å². The quantitative estimate of drug-likeness (QED) is 0.239. The summed E-state index contributed by atoms with van der Waals surface area (Å²) >= 11 is 0. The van der Waals surface area contributed by atoms with Gasteiger partial charge in [-0.3, -0.25) is 0 Å². The summed E-state index contributed by atoms with van der Waals surface area (Å²) in [6.45, 7) is 65.1. The van der Waals surface area contributed by atoms with Gasteiger partial charge in [0.25, 0.3) is 0 Å². The van der Waals surface area contributed by atoms with Crippen molar-refractivity contribution in [3.8, 4) is 0 Å². The number of aliphatic hydroxyl groups is 2. The van der Waals surface area contributed by atoms with Crippen molar-refractivity contribution in [3.05, 3.63) is 0 Å². The minimum absolute atomic E-state index is 0.0417. The van der Waals surface area contributed by atoms with Crippen LogP contribution in [0.2, 0.25) is 0 Å². The van der Waals surface area contributed by atoms with Crippen molar-refractivity contribution in [2.75, 3.05) is 20.8 Å². The van der Waals surface area contributed by atoms with E-state index in [4.69, 9.17) is 19.7 Å². The van der Waals surface area contributed by atoms with Crippen molar-refractivity contribution < 1.29 is 37.2 Å². The monoisotopic (exact) mass is 867 g/mol. The largest absolute Gasteiger partial charge is 0.396 e. The van der Waals surface area contributed by atoms with Crippen molar-refractivity contribution in [3.63, 3.8) is 0 Å². The summed E-state index contributed by atoms with van der Waals surface area (Å²) in [7, 11) is 3.50. The molecule has 0 fully saturated rings. The van der Waals surface area contributed by atoms with Gasteiger partial charge in [-0.05, 0) is 113 Å². The summed E-state index contributed by atoms with van der Waals surface area (Å²) in [4.78, 5) is 0. The van der Waals surface area contributed by atoms with E-state index in [-0.39, 0.29) is 29.1 Å². The molecule has 0 aliphatic rings. The molecule has 8 heteroatoms. The summed E-state index contributed by atoms with van der Waals surface area (Å²) in [5.41, 5.74) is -0.319. The standard InChI is InChI=1S/3C7H16O.2C7H16.C6H13F.C6H14O.C4H7F3/c2*1-6(2)7(3,4)8-5;1-6(2)7(3,4)5-8;2*1-6(2)7(3,4)5;2*1-5(2)6(3,4)7;1-3(2)4(5,6)7/h2*6H,1-5H3;6,8H,5H2,1-4H3;2*6H,1-5H3;5H,1-4H3;5,7H,1-4H3;3H,1-2H3. The first kappa shape index (κ1) is 75.9. The van der Waals surface area contributed by atoms with Gasteiger partial charge in [0, 0.05) is 26.7 Å². The highest BCUT2D eigenvalue weighted by Gasteiger charge is 2.31. The highest BCUT2D eigenvalue weighted by Crippen LogP contribution is 2.26. The first-order valence-corrected chi connectivity index (χ1v) is 22.4. The summed E-state index contributed by atoms with van der Waals surface area (Å²) < 4.78 is 56.4. The molecule has 0 rings (SSSR count). The first-order chi connectivity index (χ1) is 25.2. The Morgan fingerprint density at radius 3 is 0.542 bits per heavy atom. The molecule has 0 aliphatic heterocycles. The van der Waals surface area contributed by atoms with Gasteiger partial charge in [-0.2, -0.15) is 13.2 Å². The molecule has 0 radical (unpaired) electrons. The Labute approximate surface area is 371 Å². The third-order valence-electron chi connectivity index (χ3n) is 12.7. The molecular formula is C51H114F4O4. The Hall–Kier alpha value is -0.440. The van der Waals surface area contributed by atoms with Gasteiger partial charge in [-0.1, -0.05) is 166 Å². The van der Waals surface area contributed by atoms with Gasteiger partial charge < -0.3 is 19.7 Å². The molecule has 0 aromatic heterocycles. The van der Waals surface area contributed by atoms with Crippen LogP contribution in [0.4, 0.5) is 17.6 Å². The summed E-state index contributed by atoms with van der Waals surface area (Å²) in [6, 6.07) is 0. The minimum atomic E-state index is -4.00. The van der Waals surface area contributed by atoms with E-state index in [1.165, 1.54) is 0 Å². The average Bonchev–Trinajstić information content (AvgIpc) is 3.00. The third-order valence-corrected chi connectivity index (χ3v) is 12.7. The highest BCUT2D eigenvalue weighted by molar-refractivity contribution is 4.72. The van der Waals surface area contributed by atoms with Crippen LogP contribution >= 0.6 is 0 Å². The minimum Gasteiger partial charge on any atom is -0.396 e. The fourth-order valence-corrected chi connectivity index (χ4v) is 0.654. The molecule has 0 amide bonds. The van der Waals surface area contributed by atoms with E-state index < -0.39 is 23.4 Å². The maximum absolute atomic E-state index is 12.5. The predicted molar refractivity (Wildman–Crippen MR) is 258 cm³/mol. The number of hydrogen-bond donors (Lipinski definition) is 2. The first-order valence-electron chi connectivity index (χ1n) is 22.4. The average molecular weight is 867 g/mol. The highest BCUT2D eigenvalue weighted by atomic mass is 19.4. The fraction of sp³-hybridized carbons (Fsp3) is 1.00. The second-order valence-electron chi connectivity index (χ2n) is 23.5. The van der Waals surface area contributed by atoms with Crippen LogP contribution in [0.3, 0.4) is 0 Å². The lowest BCUT2D eigenvalue weighted by Crippen LogP contribution is -2.29. The second-order valence-corrected chi connectivity index (χ2v) is 23.5. The van der Waals surface area contributed by atoms with Gasteiger partial charge in [0.15, 0.2) is 0 Å². The van der Waals surface area contributed by atoms with Crippen LogP contribution in [-0.2, 0) is 9.47 Å². The van der Waals surface area contributed by atoms with Gasteiger partial charge in [-0.15, -0.1) is 0 Å². The molecule has 0 bridgehead atoms. The zero-order valence-corrected chi connectivity index (χ0v) is 46.5. The molecule has 0 atom stereocenters. The van der Waals surface area contributed by atoms with E-state index in [9.17, 15) is 17.6 Å². The molecule has 0 aliphatic carbocycles. The van der Waals surface area contributed by atoms with E-state index in [0.717, 1.165) is 25.7 Å². The van der Waals surface area contributed by atoms with Crippen molar-refractivity contribution in [2.45, 2.75) is 250 Å². The molecule has 370 valence electrons. The van der Waals surface area contributed by atoms with Crippen LogP contribution in [0.25, 0.3) is 0 Å². The Morgan fingerprint density at radius 2 is 0.542 bits per heavy atom. The number of hydrogen-bond acceptors (Lipinski definition) is 4. The Balaban J connectivity index is -0.0000000840. The molecule has 0 saturated carbocycles. The Bertz CT molecular complexity index is 749. The molecular weight excluding hydrogens is 753 g/mol. The lowest BCUT2D eigenvalue weighted by molar-refractivity contribution is -0.164. The molecule has 59 heavy (non-hydrogen) atoms. The van der Waals surface area contributed by atoms with Crippen molar-refractivity contribution in [1.82, 2.24) is 0 Å². The molecule has 0 unspecified atom stereocenters. The van der Waals surface area contributed by atoms with Gasteiger partial charge in [0.1, 0.15) is 5.67 Å². The summed E-state index contributed by atoms with van der Waals surface area (Å²) in [5.74, 6) is 2.62. The van der Waals surface area contributed by atoms with Gasteiger partial charge in [0.05, 0.1) is 16.8 Å². The van der Waals surface area contributed by atoms with Crippen LogP contribution in [-0.4, -0.2) is 59.7 Å². The number of ether oxygens (including phenoxy) is 2. The number of aliphatic hydroxyl groups excluding tert-OH is 1. The lowest BCUT2D eigenvalue weighted by atomic mass is 9.82. The molecule has 0 saturated heterocycles. The topological polar surface area (TPSA) is 58.9 Å². The molecule has 0 heterocycles. The zero-order chi connectivity index (χ0) is 50.7. The Morgan fingerprint density at radius 1 is 0.373 bits per heavy atom. The van der Waals surface area contributed by atoms with E-state index in [1.807, 2.05) is 41.5 Å². The maximum Gasteiger partial charge on any atom is 0.391 e. The number of rotatable bonds is 8. The Kier molecular flexibility index (Phi) is 42.6. The van der Waals surface area contributed by atoms with Crippen molar-refractivity contribution >= 4 is 0 Å². The van der Waals surface area contributed by atoms with Crippen LogP contribution in [0.1, 0.15) is 222 Å². The number of halogens is 4. The van der Waals surface area contributed by atoms with Crippen LogP contribution in [0, 0.1) is 63.6 Å². The maximum atomic E-state index is 12.5. The normalized spacial score (nSPS) is 12.8. The third kappa shape index (κ3) is 55.5. The SMILES string of the molecule is CC(C)C(C)(C)C.CC(C)C(C)(C)C.CC(C)C(C)(C)CO.CC(C)C(C)(C)F.CC(C)C(C)(C)O.CC(C)C(F)(F)F.COC(C)(C)C(C)C.COC(C)(C)C(C)C. The summed E-state index contributed by atoms with van der Waals surface area (Å²) in [5, 5.41) is 17.9. The summed E-state index contributed by atoms with van der Waals surface area (Å²) in [6.07, 6.45) is -4.00. The van der Waals surface area contributed by atoms with Gasteiger partial charge in [-0.25, -0.2) is 4.39 Å². The molecule has 0 spiro atoms. The van der Waals surface area contributed by atoms with E-state index >= 15 is 0 Å². The smallest absolute Gasteiger partial charge is 0.391 e. The number of alkyl halides is 4. The molecule has 0 aromatic rings. The van der Waals surface area contributed by atoms with Gasteiger partial charge in [0.2, 0.25) is 0 Å². The zero-order valence-electron chi connectivity index (χ0n) is 46.5. The lowest BCUT2D eigenvalue weighted by Gasteiger charge is -2.26. The van der Waals surface area contributed by atoms with Gasteiger partial charge >= 0.3 is 6.18 Å².